The van der Waals surface area contributed by atoms with Crippen molar-refractivity contribution in [2.45, 2.75) is 31.1 Å². The molecule has 0 spiro atoms. The van der Waals surface area contributed by atoms with Crippen LogP contribution in [0.3, 0.4) is 0 Å². The molecule has 1 unspecified atom stereocenters. The number of rotatable bonds is 3. The number of carboxylic acid groups (broad SMARTS) is 1. The van der Waals surface area contributed by atoms with E-state index < -0.39 is 11.4 Å². The molecule has 0 radical (unpaired) electrons. The summed E-state index contributed by atoms with van der Waals surface area (Å²) in [6.07, 6.45) is 9.54. The van der Waals surface area contributed by atoms with Crippen LogP contribution in [0.25, 0.3) is 0 Å². The van der Waals surface area contributed by atoms with E-state index in [2.05, 4.69) is 11.0 Å². The van der Waals surface area contributed by atoms with E-state index in [0.29, 0.717) is 23.2 Å². The Bertz CT molecular complexity index is 754. The van der Waals surface area contributed by atoms with Crippen LogP contribution in [0.15, 0.2) is 42.1 Å². The van der Waals surface area contributed by atoms with Crippen molar-refractivity contribution in [2.24, 2.45) is 0 Å². The minimum atomic E-state index is -1.21. The van der Waals surface area contributed by atoms with Crippen molar-refractivity contribution in [3.63, 3.8) is 0 Å². The summed E-state index contributed by atoms with van der Waals surface area (Å²) in [6.45, 7) is 2.03. The Kier molecular flexibility index (Phi) is 4.30. The van der Waals surface area contributed by atoms with Gasteiger partial charge in [-0.1, -0.05) is 18.2 Å². The molecule has 1 aliphatic carbocycles. The molecule has 0 bridgehead atoms. The summed E-state index contributed by atoms with van der Waals surface area (Å²) in [4.78, 5) is 14.4. The van der Waals surface area contributed by atoms with Gasteiger partial charge in [-0.2, -0.15) is 5.26 Å². The van der Waals surface area contributed by atoms with Crippen LogP contribution in [-0.2, 0) is 10.2 Å². The number of nitrogens with two attached hydrogens (primary N) is 1. The molecule has 1 aromatic carbocycles. The molecule has 1 atom stereocenters. The van der Waals surface area contributed by atoms with Crippen LogP contribution in [-0.4, -0.2) is 29.1 Å². The largest absolute Gasteiger partial charge is 0.480 e. The molecule has 124 valence electrons. The number of anilines is 1. The van der Waals surface area contributed by atoms with E-state index in [9.17, 15) is 15.2 Å². The summed E-state index contributed by atoms with van der Waals surface area (Å²) < 4.78 is 0. The van der Waals surface area contributed by atoms with E-state index in [-0.39, 0.29) is 0 Å². The number of nitrogen functional groups attached to an aromatic ring is 1. The van der Waals surface area contributed by atoms with E-state index >= 15 is 0 Å². The van der Waals surface area contributed by atoms with E-state index in [1.807, 2.05) is 12.2 Å². The number of nitrogens with zero attached hydrogens (tertiary/aromatic N) is 2. The molecular weight excluding hydrogens is 302 g/mol. The van der Waals surface area contributed by atoms with Crippen LogP contribution in [0.5, 0.6) is 0 Å². The van der Waals surface area contributed by atoms with E-state index in [0.717, 1.165) is 18.8 Å². The highest BCUT2D eigenvalue weighted by atomic mass is 16.4. The zero-order chi connectivity index (χ0) is 17.2. The highest BCUT2D eigenvalue weighted by Crippen LogP contribution is 2.38. The van der Waals surface area contributed by atoms with Gasteiger partial charge in [0.15, 0.2) is 0 Å². The number of benzene rings is 1. The second-order valence-corrected chi connectivity index (χ2v) is 6.41. The molecule has 0 aromatic heterocycles. The lowest BCUT2D eigenvalue weighted by Gasteiger charge is -2.35. The fraction of sp³-hybridized carbons (Fsp3) is 0.368. The lowest BCUT2D eigenvalue weighted by molar-refractivity contribution is -0.141. The van der Waals surface area contributed by atoms with Crippen molar-refractivity contribution in [1.82, 2.24) is 4.90 Å². The number of allylic oxidation sites excluding steroid dienone is 2. The molecule has 5 nitrogen and oxygen atoms in total. The minimum Gasteiger partial charge on any atom is -0.480 e. The Morgan fingerprint density at radius 1 is 1.29 bits per heavy atom. The zero-order valence-corrected chi connectivity index (χ0v) is 13.5. The summed E-state index contributed by atoms with van der Waals surface area (Å²) in [7, 11) is 0. The van der Waals surface area contributed by atoms with Crippen molar-refractivity contribution in [2.75, 3.05) is 18.8 Å². The van der Waals surface area contributed by atoms with Gasteiger partial charge in [0.1, 0.15) is 5.41 Å². The Balaban J connectivity index is 1.96. The Morgan fingerprint density at radius 2 is 2.04 bits per heavy atom. The lowest BCUT2D eigenvalue weighted by Crippen LogP contribution is -2.37. The quantitative estimate of drug-likeness (QED) is 0.835. The van der Waals surface area contributed by atoms with Gasteiger partial charge in [-0.05, 0) is 49.5 Å². The normalized spacial score (nSPS) is 23.5. The molecule has 2 aliphatic rings. The van der Waals surface area contributed by atoms with Gasteiger partial charge in [0.25, 0.3) is 0 Å². The van der Waals surface area contributed by atoms with Gasteiger partial charge in [-0.15, -0.1) is 0 Å². The number of likely N-dealkylation sites (tertiary alicyclic amines) is 1. The second-order valence-electron chi connectivity index (χ2n) is 6.41. The van der Waals surface area contributed by atoms with Gasteiger partial charge in [0.05, 0.1) is 11.6 Å². The summed E-state index contributed by atoms with van der Waals surface area (Å²) >= 11 is 0. The first kappa shape index (κ1) is 16.1. The predicted molar refractivity (Wildman–Crippen MR) is 92.1 cm³/mol. The van der Waals surface area contributed by atoms with Crippen molar-refractivity contribution in [3.8, 4) is 6.07 Å². The maximum atomic E-state index is 12.1. The molecule has 1 aliphatic heterocycles. The van der Waals surface area contributed by atoms with Gasteiger partial charge in [0, 0.05) is 24.5 Å². The lowest BCUT2D eigenvalue weighted by atomic mass is 9.73. The summed E-state index contributed by atoms with van der Waals surface area (Å²) in [6, 6.07) is 6.93. The van der Waals surface area contributed by atoms with Gasteiger partial charge in [-0.3, -0.25) is 4.79 Å². The minimum absolute atomic E-state index is 0.317. The van der Waals surface area contributed by atoms with Crippen molar-refractivity contribution >= 4 is 11.7 Å². The van der Waals surface area contributed by atoms with Gasteiger partial charge < -0.3 is 15.7 Å². The zero-order valence-electron chi connectivity index (χ0n) is 13.5. The first-order valence-electron chi connectivity index (χ1n) is 8.25. The Labute approximate surface area is 141 Å². The molecule has 3 N–H and O–H groups in total. The second kappa shape index (κ2) is 6.40. The average molecular weight is 323 g/mol. The molecule has 5 heteroatoms. The standard InChI is InChI=1S/C19H21N3O2/c20-13-14-12-15(21)4-5-17(14)19(18(23)24)8-6-16(7-9-19)22-10-2-1-3-11-22/h4-8,12H,1-3,9-11,21H2,(H,23,24). The van der Waals surface area contributed by atoms with Crippen molar-refractivity contribution < 1.29 is 9.90 Å². The monoisotopic (exact) mass is 323 g/mol. The number of aliphatic carboxylic acids is 1. The molecule has 3 rings (SSSR count). The number of carboxylic acids is 1. The third-order valence-electron chi connectivity index (χ3n) is 4.92. The third kappa shape index (κ3) is 2.76. The predicted octanol–water partition coefficient (Wildman–Crippen LogP) is 2.79. The molecule has 24 heavy (non-hydrogen) atoms. The van der Waals surface area contributed by atoms with Gasteiger partial charge >= 0.3 is 5.97 Å². The van der Waals surface area contributed by atoms with E-state index in [1.165, 1.54) is 25.3 Å². The Morgan fingerprint density at radius 3 is 2.62 bits per heavy atom. The van der Waals surface area contributed by atoms with Crippen LogP contribution >= 0.6 is 0 Å². The SMILES string of the molecule is N#Cc1cc(N)ccc1C1(C(=O)O)C=CC(N2CCCCC2)=CC1. The molecule has 0 saturated carbocycles. The van der Waals surface area contributed by atoms with Crippen LogP contribution in [0, 0.1) is 11.3 Å². The van der Waals surface area contributed by atoms with Gasteiger partial charge in [0.2, 0.25) is 0 Å². The van der Waals surface area contributed by atoms with Crippen LogP contribution in [0.2, 0.25) is 0 Å². The topological polar surface area (TPSA) is 90.3 Å². The fourth-order valence-electron chi connectivity index (χ4n) is 3.53. The van der Waals surface area contributed by atoms with Crippen molar-refractivity contribution in [3.05, 3.63) is 53.3 Å². The summed E-state index contributed by atoms with van der Waals surface area (Å²) in [5.41, 5.74) is 6.88. The van der Waals surface area contributed by atoms with Crippen LogP contribution < -0.4 is 5.73 Å². The number of hydrogen-bond donors (Lipinski definition) is 2. The molecular formula is C19H21N3O2. The van der Waals surface area contributed by atoms with Gasteiger partial charge in [-0.25, -0.2) is 0 Å². The third-order valence-corrected chi connectivity index (χ3v) is 4.92. The maximum absolute atomic E-state index is 12.1. The van der Waals surface area contributed by atoms with Crippen LogP contribution in [0.4, 0.5) is 5.69 Å². The number of hydrogen-bond acceptors (Lipinski definition) is 4. The number of carbonyl (C=O) groups is 1. The average Bonchev–Trinajstić information content (AvgIpc) is 2.62. The maximum Gasteiger partial charge on any atom is 0.318 e. The molecule has 0 amide bonds. The smallest absolute Gasteiger partial charge is 0.318 e. The summed E-state index contributed by atoms with van der Waals surface area (Å²) in [5.74, 6) is -0.950. The van der Waals surface area contributed by atoms with Crippen molar-refractivity contribution in [1.29, 1.82) is 5.26 Å². The summed E-state index contributed by atoms with van der Waals surface area (Å²) in [5, 5.41) is 19.3. The molecule has 1 fully saturated rings. The van der Waals surface area contributed by atoms with E-state index in [1.54, 1.807) is 18.2 Å². The highest BCUT2D eigenvalue weighted by Gasteiger charge is 2.40. The number of nitriles is 1. The fourth-order valence-corrected chi connectivity index (χ4v) is 3.53. The first-order chi connectivity index (χ1) is 11.6. The molecule has 1 aromatic rings. The molecule has 1 saturated heterocycles. The first-order valence-corrected chi connectivity index (χ1v) is 8.25. The number of piperidine rings is 1. The van der Waals surface area contributed by atoms with E-state index in [4.69, 9.17) is 5.73 Å². The Hall–Kier alpha value is -2.74. The van der Waals surface area contributed by atoms with Crippen LogP contribution in [0.1, 0.15) is 36.8 Å². The highest BCUT2D eigenvalue weighted by molar-refractivity contribution is 5.86. The molecule has 1 heterocycles.